The Kier molecular flexibility index (Phi) is 7.95. The van der Waals surface area contributed by atoms with Crippen molar-refractivity contribution in [2.75, 3.05) is 0 Å². The number of hydrogen-bond donors (Lipinski definition) is 3. The molecule has 0 bridgehead atoms. The van der Waals surface area contributed by atoms with E-state index >= 15 is 0 Å². The van der Waals surface area contributed by atoms with E-state index in [0.717, 1.165) is 62.7 Å². The van der Waals surface area contributed by atoms with Gasteiger partial charge in [-0.25, -0.2) is 4.79 Å². The van der Waals surface area contributed by atoms with Crippen molar-refractivity contribution in [1.29, 1.82) is 5.26 Å². The maximum absolute atomic E-state index is 11.0. The van der Waals surface area contributed by atoms with Crippen molar-refractivity contribution in [2.24, 2.45) is 23.2 Å². The van der Waals surface area contributed by atoms with E-state index in [9.17, 15) is 20.3 Å². The van der Waals surface area contributed by atoms with Gasteiger partial charge in [-0.05, 0) is 87.2 Å². The van der Waals surface area contributed by atoms with Crippen LogP contribution in [-0.4, -0.2) is 33.5 Å². The third kappa shape index (κ3) is 5.07. The summed E-state index contributed by atoms with van der Waals surface area (Å²) in [6.45, 7) is 2.17. The fourth-order valence-corrected chi connectivity index (χ4v) is 6.60. The van der Waals surface area contributed by atoms with E-state index in [1.807, 2.05) is 6.07 Å². The highest BCUT2D eigenvalue weighted by Crippen LogP contribution is 2.48. The first-order valence-corrected chi connectivity index (χ1v) is 12.3. The molecule has 166 valence electrons. The highest BCUT2D eigenvalue weighted by molar-refractivity contribution is 7.13. The van der Waals surface area contributed by atoms with Crippen LogP contribution in [0.3, 0.4) is 0 Å². The Balaban J connectivity index is 1.50. The van der Waals surface area contributed by atoms with Crippen molar-refractivity contribution < 1.29 is 20.1 Å². The normalized spacial score (nSPS) is 28.6. The van der Waals surface area contributed by atoms with Crippen LogP contribution >= 0.6 is 11.3 Å². The molecule has 0 aromatic carbocycles. The van der Waals surface area contributed by atoms with Crippen LogP contribution in [0.2, 0.25) is 0 Å². The molecule has 1 aromatic heterocycles. The number of aliphatic hydroxyl groups excluding tert-OH is 2. The molecular weight excluding hydrogens is 398 g/mol. The molecule has 2 fully saturated rings. The summed E-state index contributed by atoms with van der Waals surface area (Å²) in [5, 5.41) is 39.9. The molecule has 6 heteroatoms. The molecule has 5 atom stereocenters. The fraction of sp³-hybridized carbons (Fsp3) is 0.750. The summed E-state index contributed by atoms with van der Waals surface area (Å²) in [4.78, 5) is 12.5. The highest BCUT2D eigenvalue weighted by atomic mass is 32.1. The predicted molar refractivity (Wildman–Crippen MR) is 117 cm³/mol. The zero-order valence-electron chi connectivity index (χ0n) is 17.9. The quantitative estimate of drug-likeness (QED) is 0.455. The van der Waals surface area contributed by atoms with E-state index in [-0.39, 0.29) is 29.3 Å². The van der Waals surface area contributed by atoms with E-state index in [4.69, 9.17) is 5.11 Å². The number of carboxylic acid groups (broad SMARTS) is 1. The molecule has 1 unspecified atom stereocenters. The lowest BCUT2D eigenvalue weighted by Gasteiger charge is -2.45. The number of thiophene rings is 1. The number of carbonyl (C=O) groups is 1. The van der Waals surface area contributed by atoms with Crippen LogP contribution in [0.4, 0.5) is 0 Å². The second-order valence-electron chi connectivity index (χ2n) is 9.35. The topological polar surface area (TPSA) is 102 Å². The number of aromatic carboxylic acids is 1. The molecule has 3 N–H and O–H groups in total. The van der Waals surface area contributed by atoms with Crippen LogP contribution in [0, 0.1) is 34.5 Å². The van der Waals surface area contributed by atoms with Gasteiger partial charge in [0.25, 0.3) is 0 Å². The zero-order chi connectivity index (χ0) is 21.7. The van der Waals surface area contributed by atoms with E-state index in [0.29, 0.717) is 11.3 Å². The summed E-state index contributed by atoms with van der Waals surface area (Å²) in [5.41, 5.74) is 0.123. The minimum Gasteiger partial charge on any atom is -0.477 e. The predicted octanol–water partition coefficient (Wildman–Crippen LogP) is 5.02. The van der Waals surface area contributed by atoms with E-state index in [1.165, 1.54) is 17.8 Å². The van der Waals surface area contributed by atoms with Crippen molar-refractivity contribution >= 4 is 17.3 Å². The van der Waals surface area contributed by atoms with Crippen LogP contribution in [0.15, 0.2) is 12.1 Å². The third-order valence-electron chi connectivity index (χ3n) is 7.83. The first-order chi connectivity index (χ1) is 14.4. The van der Waals surface area contributed by atoms with Crippen LogP contribution in [0.5, 0.6) is 0 Å². The maximum atomic E-state index is 11.0. The van der Waals surface area contributed by atoms with Crippen molar-refractivity contribution in [1.82, 2.24) is 0 Å². The number of rotatable bonds is 11. The van der Waals surface area contributed by atoms with Gasteiger partial charge in [-0.3, -0.25) is 0 Å². The maximum Gasteiger partial charge on any atom is 0.345 e. The Morgan fingerprint density at radius 3 is 2.60 bits per heavy atom. The Morgan fingerprint density at radius 2 is 2.03 bits per heavy atom. The van der Waals surface area contributed by atoms with Gasteiger partial charge in [-0.1, -0.05) is 19.8 Å². The minimum absolute atomic E-state index is 0.110. The van der Waals surface area contributed by atoms with E-state index in [1.54, 1.807) is 6.07 Å². The summed E-state index contributed by atoms with van der Waals surface area (Å²) in [6, 6.07) is 5.94. The van der Waals surface area contributed by atoms with Crippen molar-refractivity contribution in [3.05, 3.63) is 21.9 Å². The number of aryl methyl sites for hydroxylation is 1. The molecule has 0 amide bonds. The zero-order valence-corrected chi connectivity index (χ0v) is 18.7. The molecule has 3 rings (SSSR count). The van der Waals surface area contributed by atoms with Crippen LogP contribution in [-0.2, 0) is 6.42 Å². The number of carboxylic acids is 1. The van der Waals surface area contributed by atoms with Gasteiger partial charge in [-0.15, -0.1) is 11.3 Å². The Bertz CT molecular complexity index is 745. The number of nitrogens with zero attached hydrogens (tertiary/aromatic N) is 1. The van der Waals surface area contributed by atoms with Crippen molar-refractivity contribution in [3.8, 4) is 6.07 Å². The van der Waals surface area contributed by atoms with Gasteiger partial charge >= 0.3 is 5.97 Å². The molecule has 2 aliphatic carbocycles. The smallest absolute Gasteiger partial charge is 0.345 e. The summed E-state index contributed by atoms with van der Waals surface area (Å²) in [5.74, 6) is -0.686. The van der Waals surface area contributed by atoms with E-state index in [2.05, 4.69) is 13.0 Å². The van der Waals surface area contributed by atoms with Gasteiger partial charge in [-0.2, -0.15) is 5.26 Å². The van der Waals surface area contributed by atoms with Gasteiger partial charge < -0.3 is 15.3 Å². The Labute approximate surface area is 183 Å². The summed E-state index contributed by atoms with van der Waals surface area (Å²) < 4.78 is 0. The minimum atomic E-state index is -0.885. The largest absolute Gasteiger partial charge is 0.477 e. The molecule has 0 saturated heterocycles. The molecule has 5 nitrogen and oxygen atoms in total. The highest BCUT2D eigenvalue weighted by Gasteiger charge is 2.43. The lowest BCUT2D eigenvalue weighted by molar-refractivity contribution is -0.0444. The molecule has 0 radical (unpaired) electrons. The second-order valence-corrected chi connectivity index (χ2v) is 10.5. The fourth-order valence-electron chi connectivity index (χ4n) is 5.71. The molecule has 2 saturated carbocycles. The van der Waals surface area contributed by atoms with Gasteiger partial charge in [0, 0.05) is 4.88 Å². The van der Waals surface area contributed by atoms with Crippen molar-refractivity contribution in [3.63, 3.8) is 0 Å². The monoisotopic (exact) mass is 433 g/mol. The molecule has 0 spiro atoms. The molecular formula is C24H35NO4S. The average molecular weight is 434 g/mol. The number of hydrogen-bond acceptors (Lipinski definition) is 5. The second kappa shape index (κ2) is 10.3. The van der Waals surface area contributed by atoms with Crippen LogP contribution in [0.1, 0.15) is 85.7 Å². The number of aliphatic hydroxyl groups is 2. The molecule has 30 heavy (non-hydrogen) atoms. The molecule has 0 aliphatic heterocycles. The molecule has 2 aliphatic rings. The Hall–Kier alpha value is -1.42. The van der Waals surface area contributed by atoms with Crippen molar-refractivity contribution in [2.45, 2.75) is 89.8 Å². The molecule has 1 heterocycles. The summed E-state index contributed by atoms with van der Waals surface area (Å²) in [6.07, 6.45) is 9.51. The molecule has 1 aromatic rings. The SMILES string of the molecule is CCC1(C(O)CCC[C@@H]2[C@@H](CCCc3ccc(C(=O)O)s3)[C@@H](C#N)C[C@H]2O)CCC1. The number of nitriles is 1. The van der Waals surface area contributed by atoms with Gasteiger partial charge in [0.15, 0.2) is 0 Å². The van der Waals surface area contributed by atoms with Crippen LogP contribution in [0.25, 0.3) is 0 Å². The Morgan fingerprint density at radius 1 is 1.30 bits per heavy atom. The van der Waals surface area contributed by atoms with E-state index < -0.39 is 12.1 Å². The lowest BCUT2D eigenvalue weighted by atomic mass is 9.62. The first kappa shape index (κ1) is 23.2. The van der Waals surface area contributed by atoms with Gasteiger partial charge in [0.05, 0.1) is 24.2 Å². The average Bonchev–Trinajstić information content (AvgIpc) is 3.27. The first-order valence-electron chi connectivity index (χ1n) is 11.5. The van der Waals surface area contributed by atoms with Gasteiger partial charge in [0.1, 0.15) is 4.88 Å². The van der Waals surface area contributed by atoms with Gasteiger partial charge in [0.2, 0.25) is 0 Å². The summed E-state index contributed by atoms with van der Waals surface area (Å²) in [7, 11) is 0. The summed E-state index contributed by atoms with van der Waals surface area (Å²) >= 11 is 1.32. The lowest BCUT2D eigenvalue weighted by Crippen LogP contribution is -2.40. The standard InChI is InChI=1S/C24H35NO4S/c1-2-24(12-5-13-24)22(27)9-4-8-19-18(16(15-25)14-20(19)26)7-3-6-17-10-11-21(30-17)23(28)29/h10-11,16,18-20,22,26-27H,2-9,12-14H2,1H3,(H,28,29)/t16-,18+,19-,20-,22?/m1/s1. The third-order valence-corrected chi connectivity index (χ3v) is 8.96. The van der Waals surface area contributed by atoms with Crippen LogP contribution < -0.4 is 0 Å².